The number of hydrogen-bond acceptors (Lipinski definition) is 4. The predicted molar refractivity (Wildman–Crippen MR) is 89.2 cm³/mol. The second-order valence-electron chi connectivity index (χ2n) is 4.72. The van der Waals surface area contributed by atoms with Gasteiger partial charge in [-0.1, -0.05) is 59.4 Å². The van der Waals surface area contributed by atoms with Crippen molar-refractivity contribution in [3.8, 4) is 10.6 Å². The molecule has 0 atom stereocenters. The van der Waals surface area contributed by atoms with Gasteiger partial charge in [-0.3, -0.25) is 5.32 Å². The van der Waals surface area contributed by atoms with Gasteiger partial charge in [-0.25, -0.2) is 4.79 Å². The molecular weight excluding hydrogens is 296 g/mol. The van der Waals surface area contributed by atoms with Crippen LogP contribution in [-0.4, -0.2) is 16.2 Å². The molecule has 0 aliphatic carbocycles. The molecule has 0 aliphatic rings. The SMILES string of the molecule is Cc1ccc(NC(=O)Nc2nnc(-c3ccccc3)s2)cc1. The Morgan fingerprint density at radius 2 is 1.68 bits per heavy atom. The van der Waals surface area contributed by atoms with Gasteiger partial charge in [-0.15, -0.1) is 10.2 Å². The number of hydrogen-bond donors (Lipinski definition) is 2. The summed E-state index contributed by atoms with van der Waals surface area (Å²) in [4.78, 5) is 11.9. The molecule has 3 rings (SSSR count). The third-order valence-electron chi connectivity index (χ3n) is 2.98. The zero-order chi connectivity index (χ0) is 15.4. The van der Waals surface area contributed by atoms with Crippen molar-refractivity contribution in [3.63, 3.8) is 0 Å². The van der Waals surface area contributed by atoms with Crippen LogP contribution in [0, 0.1) is 6.92 Å². The fourth-order valence-corrected chi connectivity index (χ4v) is 2.61. The van der Waals surface area contributed by atoms with E-state index in [1.54, 1.807) is 0 Å². The molecule has 0 saturated carbocycles. The van der Waals surface area contributed by atoms with Gasteiger partial charge in [0, 0.05) is 11.3 Å². The summed E-state index contributed by atoms with van der Waals surface area (Å²) in [7, 11) is 0. The summed E-state index contributed by atoms with van der Waals surface area (Å²) in [6.07, 6.45) is 0. The van der Waals surface area contributed by atoms with Crippen LogP contribution >= 0.6 is 11.3 Å². The molecule has 0 spiro atoms. The average molecular weight is 310 g/mol. The molecule has 0 aliphatic heterocycles. The van der Waals surface area contributed by atoms with E-state index in [1.165, 1.54) is 11.3 Å². The van der Waals surface area contributed by atoms with E-state index in [0.717, 1.165) is 21.8 Å². The van der Waals surface area contributed by atoms with Gasteiger partial charge in [-0.2, -0.15) is 0 Å². The van der Waals surface area contributed by atoms with Crippen LogP contribution in [0.5, 0.6) is 0 Å². The van der Waals surface area contributed by atoms with Crippen LogP contribution in [0.3, 0.4) is 0 Å². The van der Waals surface area contributed by atoms with Crippen molar-refractivity contribution >= 4 is 28.2 Å². The number of anilines is 2. The zero-order valence-corrected chi connectivity index (χ0v) is 12.7. The summed E-state index contributed by atoms with van der Waals surface area (Å²) in [5.74, 6) is 0. The van der Waals surface area contributed by atoms with Crippen LogP contribution in [0.4, 0.5) is 15.6 Å². The number of benzene rings is 2. The second kappa shape index (κ2) is 6.36. The molecule has 2 amide bonds. The average Bonchev–Trinajstić information content (AvgIpc) is 2.99. The van der Waals surface area contributed by atoms with E-state index < -0.39 is 0 Å². The number of nitrogens with one attached hydrogen (secondary N) is 2. The van der Waals surface area contributed by atoms with Crippen LogP contribution in [-0.2, 0) is 0 Å². The monoisotopic (exact) mass is 310 g/mol. The van der Waals surface area contributed by atoms with Crippen molar-refractivity contribution in [3.05, 3.63) is 60.2 Å². The topological polar surface area (TPSA) is 66.9 Å². The number of aryl methyl sites for hydroxylation is 1. The molecule has 5 nitrogen and oxygen atoms in total. The van der Waals surface area contributed by atoms with E-state index in [2.05, 4.69) is 20.8 Å². The predicted octanol–water partition coefficient (Wildman–Crippen LogP) is 4.16. The third-order valence-corrected chi connectivity index (χ3v) is 3.86. The molecule has 2 aromatic carbocycles. The second-order valence-corrected chi connectivity index (χ2v) is 5.70. The van der Waals surface area contributed by atoms with Crippen molar-refractivity contribution in [1.82, 2.24) is 10.2 Å². The Morgan fingerprint density at radius 3 is 2.41 bits per heavy atom. The molecule has 110 valence electrons. The zero-order valence-electron chi connectivity index (χ0n) is 11.9. The van der Waals surface area contributed by atoms with E-state index in [1.807, 2.05) is 61.5 Å². The number of amides is 2. The molecule has 3 aromatic rings. The van der Waals surface area contributed by atoms with E-state index in [0.29, 0.717) is 5.13 Å². The Bertz CT molecular complexity index is 768. The normalized spacial score (nSPS) is 10.2. The fourth-order valence-electron chi connectivity index (χ4n) is 1.87. The van der Waals surface area contributed by atoms with Crippen molar-refractivity contribution in [2.75, 3.05) is 10.6 Å². The quantitative estimate of drug-likeness (QED) is 0.763. The molecular formula is C16H14N4OS. The molecule has 0 bridgehead atoms. The molecule has 2 N–H and O–H groups in total. The van der Waals surface area contributed by atoms with Gasteiger partial charge < -0.3 is 5.32 Å². The lowest BCUT2D eigenvalue weighted by molar-refractivity contribution is 0.262. The molecule has 0 saturated heterocycles. The van der Waals surface area contributed by atoms with Crippen molar-refractivity contribution < 1.29 is 4.79 Å². The Labute approximate surface area is 132 Å². The Balaban J connectivity index is 1.65. The summed E-state index contributed by atoms with van der Waals surface area (Å²) in [5, 5.41) is 14.7. The molecule has 1 heterocycles. The van der Waals surface area contributed by atoms with Gasteiger partial charge in [0.2, 0.25) is 5.13 Å². The Kier molecular flexibility index (Phi) is 4.11. The number of urea groups is 1. The van der Waals surface area contributed by atoms with E-state index >= 15 is 0 Å². The molecule has 1 aromatic heterocycles. The van der Waals surface area contributed by atoms with Gasteiger partial charge in [-0.05, 0) is 19.1 Å². The highest BCUT2D eigenvalue weighted by Crippen LogP contribution is 2.25. The first-order valence-corrected chi connectivity index (χ1v) is 7.56. The summed E-state index contributed by atoms with van der Waals surface area (Å²) in [5.41, 5.74) is 2.85. The van der Waals surface area contributed by atoms with Crippen LogP contribution in [0.15, 0.2) is 54.6 Å². The van der Waals surface area contributed by atoms with Crippen molar-refractivity contribution in [2.24, 2.45) is 0 Å². The lowest BCUT2D eigenvalue weighted by Gasteiger charge is -2.04. The first-order chi connectivity index (χ1) is 10.7. The van der Waals surface area contributed by atoms with Gasteiger partial charge in [0.1, 0.15) is 5.01 Å². The first kappa shape index (κ1) is 14.2. The van der Waals surface area contributed by atoms with Gasteiger partial charge in [0.25, 0.3) is 0 Å². The lowest BCUT2D eigenvalue weighted by Crippen LogP contribution is -2.19. The fraction of sp³-hybridized carbons (Fsp3) is 0.0625. The van der Waals surface area contributed by atoms with Gasteiger partial charge in [0.05, 0.1) is 0 Å². The summed E-state index contributed by atoms with van der Waals surface area (Å²) in [6, 6.07) is 17.0. The first-order valence-electron chi connectivity index (χ1n) is 6.74. The summed E-state index contributed by atoms with van der Waals surface area (Å²) in [6.45, 7) is 2.00. The maximum Gasteiger partial charge on any atom is 0.325 e. The molecule has 22 heavy (non-hydrogen) atoms. The Hall–Kier alpha value is -2.73. The molecule has 0 unspecified atom stereocenters. The van der Waals surface area contributed by atoms with Crippen LogP contribution in [0.1, 0.15) is 5.56 Å². The summed E-state index contributed by atoms with van der Waals surface area (Å²) >= 11 is 1.33. The number of carbonyl (C=O) groups is 1. The van der Waals surface area contributed by atoms with Crippen LogP contribution < -0.4 is 10.6 Å². The molecule has 0 radical (unpaired) electrons. The van der Waals surface area contributed by atoms with Crippen molar-refractivity contribution in [2.45, 2.75) is 6.92 Å². The van der Waals surface area contributed by atoms with Crippen LogP contribution in [0.2, 0.25) is 0 Å². The highest BCUT2D eigenvalue weighted by atomic mass is 32.1. The minimum absolute atomic E-state index is 0.334. The van der Waals surface area contributed by atoms with Gasteiger partial charge >= 0.3 is 6.03 Å². The van der Waals surface area contributed by atoms with Gasteiger partial charge in [0.15, 0.2) is 0 Å². The third kappa shape index (κ3) is 3.48. The smallest absolute Gasteiger partial charge is 0.308 e. The number of aromatic nitrogens is 2. The standard InChI is InChI=1S/C16H14N4OS/c1-11-7-9-13(10-8-11)17-15(21)18-16-20-19-14(22-16)12-5-3-2-4-6-12/h2-10H,1H3,(H2,17,18,20,21). The van der Waals surface area contributed by atoms with E-state index in [9.17, 15) is 4.79 Å². The molecule has 0 fully saturated rings. The largest absolute Gasteiger partial charge is 0.325 e. The maximum atomic E-state index is 11.9. The summed E-state index contributed by atoms with van der Waals surface area (Å²) < 4.78 is 0. The van der Waals surface area contributed by atoms with Crippen LogP contribution in [0.25, 0.3) is 10.6 Å². The maximum absolute atomic E-state index is 11.9. The van der Waals surface area contributed by atoms with Crippen molar-refractivity contribution in [1.29, 1.82) is 0 Å². The minimum Gasteiger partial charge on any atom is -0.308 e. The number of rotatable bonds is 3. The minimum atomic E-state index is -0.334. The number of carbonyl (C=O) groups excluding carboxylic acids is 1. The van der Waals surface area contributed by atoms with E-state index in [4.69, 9.17) is 0 Å². The Morgan fingerprint density at radius 1 is 0.955 bits per heavy atom. The highest BCUT2D eigenvalue weighted by molar-refractivity contribution is 7.18. The molecule has 6 heteroatoms. The number of nitrogens with zero attached hydrogens (tertiary/aromatic N) is 2. The lowest BCUT2D eigenvalue weighted by atomic mass is 10.2. The van der Waals surface area contributed by atoms with E-state index in [-0.39, 0.29) is 6.03 Å². The highest BCUT2D eigenvalue weighted by Gasteiger charge is 2.09.